The van der Waals surface area contributed by atoms with Crippen molar-refractivity contribution in [3.63, 3.8) is 0 Å². The highest BCUT2D eigenvalue weighted by molar-refractivity contribution is 8.00. The molecule has 8 heteroatoms. The lowest BCUT2D eigenvalue weighted by atomic mass is 10.2. The van der Waals surface area contributed by atoms with Crippen molar-refractivity contribution < 1.29 is 9.53 Å². The van der Waals surface area contributed by atoms with Gasteiger partial charge in [0.05, 0.1) is 18.5 Å². The van der Waals surface area contributed by atoms with E-state index in [2.05, 4.69) is 38.8 Å². The van der Waals surface area contributed by atoms with Gasteiger partial charge in [-0.3, -0.25) is 9.36 Å². The fourth-order valence-corrected chi connectivity index (χ4v) is 3.22. The van der Waals surface area contributed by atoms with Crippen molar-refractivity contribution in [1.82, 2.24) is 20.1 Å². The fraction of sp³-hybridized carbons (Fsp3) is 0.786. The molecule has 0 unspecified atom stereocenters. The highest BCUT2D eigenvalue weighted by Crippen LogP contribution is 2.27. The van der Waals surface area contributed by atoms with Crippen LogP contribution in [0.2, 0.25) is 0 Å². The van der Waals surface area contributed by atoms with Gasteiger partial charge in [0.1, 0.15) is 0 Å². The maximum Gasteiger partial charge on any atom is 0.233 e. The van der Waals surface area contributed by atoms with Crippen LogP contribution in [0.3, 0.4) is 0 Å². The third-order valence-electron chi connectivity index (χ3n) is 3.44. The molecule has 2 rings (SSSR count). The first kappa shape index (κ1) is 17.1. The van der Waals surface area contributed by atoms with E-state index in [1.807, 2.05) is 6.92 Å². The molecule has 0 aliphatic carbocycles. The molecule has 1 aliphatic heterocycles. The zero-order valence-corrected chi connectivity index (χ0v) is 14.5. The molecule has 1 aromatic heterocycles. The van der Waals surface area contributed by atoms with E-state index in [1.54, 1.807) is 7.05 Å². The highest BCUT2D eigenvalue weighted by atomic mass is 32.2. The van der Waals surface area contributed by atoms with E-state index in [0.29, 0.717) is 19.1 Å². The lowest BCUT2D eigenvalue weighted by Crippen LogP contribution is -2.38. The minimum Gasteiger partial charge on any atom is -0.378 e. The molecule has 0 spiro atoms. The summed E-state index contributed by atoms with van der Waals surface area (Å²) < 4.78 is 7.53. The van der Waals surface area contributed by atoms with Crippen LogP contribution >= 0.6 is 11.8 Å². The largest absolute Gasteiger partial charge is 0.378 e. The summed E-state index contributed by atoms with van der Waals surface area (Å²) in [5.74, 6) is 1.35. The Morgan fingerprint density at radius 1 is 1.32 bits per heavy atom. The third-order valence-corrected chi connectivity index (χ3v) is 4.52. The lowest BCUT2D eigenvalue weighted by Gasteiger charge is -2.28. The first-order chi connectivity index (χ1) is 10.5. The van der Waals surface area contributed by atoms with E-state index in [-0.39, 0.29) is 11.2 Å². The molecule has 1 aromatic rings. The maximum atomic E-state index is 11.7. The average molecular weight is 327 g/mol. The molecular weight excluding hydrogens is 302 g/mol. The quantitative estimate of drug-likeness (QED) is 0.786. The predicted octanol–water partition coefficient (Wildman–Crippen LogP) is 0.997. The van der Waals surface area contributed by atoms with Crippen LogP contribution < -0.4 is 10.2 Å². The second-order valence-electron chi connectivity index (χ2n) is 5.76. The van der Waals surface area contributed by atoms with Crippen LogP contribution in [0.25, 0.3) is 0 Å². The van der Waals surface area contributed by atoms with E-state index in [9.17, 15) is 4.79 Å². The first-order valence-corrected chi connectivity index (χ1v) is 8.55. The number of hydrogen-bond acceptors (Lipinski definition) is 6. The van der Waals surface area contributed by atoms with Crippen molar-refractivity contribution in [3.05, 3.63) is 0 Å². The summed E-state index contributed by atoms with van der Waals surface area (Å²) >= 11 is 1.45. The molecule has 1 aliphatic rings. The van der Waals surface area contributed by atoms with Gasteiger partial charge in [0.15, 0.2) is 5.16 Å². The van der Waals surface area contributed by atoms with Gasteiger partial charge in [-0.05, 0) is 12.8 Å². The summed E-state index contributed by atoms with van der Waals surface area (Å²) in [5, 5.41) is 11.9. The first-order valence-electron chi connectivity index (χ1n) is 7.67. The van der Waals surface area contributed by atoms with Gasteiger partial charge in [0.25, 0.3) is 0 Å². The molecule has 1 amide bonds. The van der Waals surface area contributed by atoms with Crippen molar-refractivity contribution in [2.75, 3.05) is 38.3 Å². The van der Waals surface area contributed by atoms with E-state index in [4.69, 9.17) is 4.74 Å². The summed E-state index contributed by atoms with van der Waals surface area (Å²) in [7, 11) is 1.65. The van der Waals surface area contributed by atoms with Crippen LogP contribution in [0.1, 0.15) is 20.8 Å². The normalized spacial score (nSPS) is 16.9. The zero-order chi connectivity index (χ0) is 16.1. The molecular formula is C14H25N5O2S. The smallest absolute Gasteiger partial charge is 0.233 e. The number of carbonyl (C=O) groups is 1. The van der Waals surface area contributed by atoms with Crippen LogP contribution in [0.15, 0.2) is 5.16 Å². The molecule has 0 radical (unpaired) electrons. The van der Waals surface area contributed by atoms with Crippen molar-refractivity contribution in [1.29, 1.82) is 0 Å². The number of nitrogens with one attached hydrogen (secondary N) is 1. The van der Waals surface area contributed by atoms with Gasteiger partial charge >= 0.3 is 0 Å². The van der Waals surface area contributed by atoms with Gasteiger partial charge < -0.3 is 15.0 Å². The predicted molar refractivity (Wildman–Crippen MR) is 87.3 cm³/mol. The van der Waals surface area contributed by atoms with Gasteiger partial charge in [-0.15, -0.1) is 10.2 Å². The van der Waals surface area contributed by atoms with Gasteiger partial charge in [-0.1, -0.05) is 25.6 Å². The van der Waals surface area contributed by atoms with Crippen molar-refractivity contribution in [2.45, 2.75) is 37.7 Å². The molecule has 0 saturated carbocycles. The fourth-order valence-electron chi connectivity index (χ4n) is 2.31. The van der Waals surface area contributed by atoms with E-state index in [0.717, 1.165) is 30.7 Å². The number of amides is 1. The Balaban J connectivity index is 2.21. The van der Waals surface area contributed by atoms with Gasteiger partial charge in [0, 0.05) is 26.7 Å². The Hall–Kier alpha value is -1.28. The van der Waals surface area contributed by atoms with Crippen LogP contribution in [-0.4, -0.2) is 59.3 Å². The molecule has 1 saturated heterocycles. The molecule has 124 valence electrons. The maximum absolute atomic E-state index is 11.7. The standard InChI is InChI=1S/C14H25N5O2S/c1-10(2)9-19-13(18-5-7-21-8-6-18)16-17-14(19)22-11(3)12(20)15-4/h10-11H,5-9H2,1-4H3,(H,15,20)/t11-/m1/s1. The van der Waals surface area contributed by atoms with E-state index < -0.39 is 0 Å². The Morgan fingerprint density at radius 3 is 2.59 bits per heavy atom. The molecule has 7 nitrogen and oxygen atoms in total. The van der Waals surface area contributed by atoms with Gasteiger partial charge in [-0.25, -0.2) is 0 Å². The van der Waals surface area contributed by atoms with Crippen LogP contribution in [0.5, 0.6) is 0 Å². The summed E-state index contributed by atoms with van der Waals surface area (Å²) in [6.07, 6.45) is 0. The Labute approximate surface area is 135 Å². The molecule has 1 fully saturated rings. The van der Waals surface area contributed by atoms with Crippen molar-refractivity contribution >= 4 is 23.6 Å². The molecule has 0 bridgehead atoms. The minimum atomic E-state index is -0.197. The number of nitrogens with zero attached hydrogens (tertiary/aromatic N) is 4. The zero-order valence-electron chi connectivity index (χ0n) is 13.7. The number of thioether (sulfide) groups is 1. The Bertz CT molecular complexity index is 499. The average Bonchev–Trinajstić information content (AvgIpc) is 2.89. The second kappa shape index (κ2) is 7.82. The van der Waals surface area contributed by atoms with Gasteiger partial charge in [0.2, 0.25) is 11.9 Å². The molecule has 1 N–H and O–H groups in total. The number of morpholine rings is 1. The lowest BCUT2D eigenvalue weighted by molar-refractivity contribution is -0.119. The molecule has 0 aromatic carbocycles. The summed E-state index contributed by atoms with van der Waals surface area (Å²) in [6.45, 7) is 10.1. The monoisotopic (exact) mass is 327 g/mol. The van der Waals surface area contributed by atoms with Crippen LogP contribution in [0.4, 0.5) is 5.95 Å². The van der Waals surface area contributed by atoms with Crippen LogP contribution in [0, 0.1) is 5.92 Å². The second-order valence-corrected chi connectivity index (χ2v) is 7.07. The SMILES string of the molecule is CNC(=O)[C@@H](C)Sc1nnc(N2CCOCC2)n1CC(C)C. The number of carbonyl (C=O) groups excluding carboxylic acids is 1. The Kier molecular flexibility index (Phi) is 6.07. The molecule has 1 atom stereocenters. The number of rotatable bonds is 6. The summed E-state index contributed by atoms with van der Waals surface area (Å²) in [6, 6.07) is 0. The topological polar surface area (TPSA) is 72.3 Å². The minimum absolute atomic E-state index is 0.00276. The number of anilines is 1. The van der Waals surface area contributed by atoms with Crippen molar-refractivity contribution in [3.8, 4) is 0 Å². The number of ether oxygens (including phenoxy) is 1. The van der Waals surface area contributed by atoms with Crippen molar-refractivity contribution in [2.24, 2.45) is 5.92 Å². The van der Waals surface area contributed by atoms with Crippen LogP contribution in [-0.2, 0) is 16.1 Å². The number of hydrogen-bond donors (Lipinski definition) is 1. The highest BCUT2D eigenvalue weighted by Gasteiger charge is 2.23. The van der Waals surface area contributed by atoms with Gasteiger partial charge in [-0.2, -0.15) is 0 Å². The van der Waals surface area contributed by atoms with E-state index >= 15 is 0 Å². The summed E-state index contributed by atoms with van der Waals surface area (Å²) in [5.41, 5.74) is 0. The summed E-state index contributed by atoms with van der Waals surface area (Å²) in [4.78, 5) is 13.9. The molecule has 2 heterocycles. The number of aromatic nitrogens is 3. The molecule has 22 heavy (non-hydrogen) atoms. The Morgan fingerprint density at radius 2 is 2.00 bits per heavy atom. The third kappa shape index (κ3) is 4.13. The van der Waals surface area contributed by atoms with E-state index in [1.165, 1.54) is 11.8 Å².